The van der Waals surface area contributed by atoms with Gasteiger partial charge in [-0.25, -0.2) is 5.48 Å². The second-order valence-electron chi connectivity index (χ2n) is 4.17. The quantitative estimate of drug-likeness (QED) is 0.661. The fraction of sp³-hybridized carbons (Fsp3) is 0.900. The van der Waals surface area contributed by atoms with Crippen LogP contribution in [0, 0.1) is 5.92 Å². The summed E-state index contributed by atoms with van der Waals surface area (Å²) in [5.41, 5.74) is 2.48. The third-order valence-corrected chi connectivity index (χ3v) is 2.22. The minimum atomic E-state index is -0.0593. The van der Waals surface area contributed by atoms with Gasteiger partial charge in [-0.2, -0.15) is 0 Å². The van der Waals surface area contributed by atoms with Gasteiger partial charge < -0.3 is 5.32 Å². The molecule has 1 aliphatic rings. The van der Waals surface area contributed by atoms with E-state index in [1.165, 1.54) is 0 Å². The van der Waals surface area contributed by atoms with E-state index in [1.54, 1.807) is 0 Å². The zero-order valence-corrected chi connectivity index (χ0v) is 9.01. The van der Waals surface area contributed by atoms with Crippen molar-refractivity contribution in [3.05, 3.63) is 0 Å². The molecule has 1 amide bonds. The molecule has 1 saturated heterocycles. The van der Waals surface area contributed by atoms with Gasteiger partial charge in [0, 0.05) is 0 Å². The highest BCUT2D eigenvalue weighted by atomic mass is 16.7. The molecule has 0 radical (unpaired) electrons. The van der Waals surface area contributed by atoms with Crippen LogP contribution >= 0.6 is 0 Å². The van der Waals surface area contributed by atoms with Gasteiger partial charge in [0.05, 0.1) is 12.6 Å². The Kier molecular flexibility index (Phi) is 4.90. The van der Waals surface area contributed by atoms with Crippen LogP contribution in [0.4, 0.5) is 0 Å². The summed E-state index contributed by atoms with van der Waals surface area (Å²) in [5.74, 6) is 0.403. The van der Waals surface area contributed by atoms with Crippen LogP contribution in [0.5, 0.6) is 0 Å². The molecule has 4 nitrogen and oxygen atoms in total. The van der Waals surface area contributed by atoms with E-state index in [9.17, 15) is 4.79 Å². The van der Waals surface area contributed by atoms with Gasteiger partial charge in [-0.1, -0.05) is 20.3 Å². The molecule has 1 rings (SSSR count). The number of hydrogen-bond donors (Lipinski definition) is 2. The average Bonchev–Trinajstić information content (AvgIpc) is 2.18. The van der Waals surface area contributed by atoms with Gasteiger partial charge in [-0.3, -0.25) is 9.63 Å². The number of carbonyl (C=O) groups is 1. The van der Waals surface area contributed by atoms with Gasteiger partial charge in [-0.05, 0) is 25.3 Å². The molecule has 0 unspecified atom stereocenters. The first-order valence-corrected chi connectivity index (χ1v) is 5.35. The van der Waals surface area contributed by atoms with Crippen LogP contribution < -0.4 is 10.8 Å². The smallest absolute Gasteiger partial charge is 0.260 e. The van der Waals surface area contributed by atoms with Crippen molar-refractivity contribution < 1.29 is 9.63 Å². The lowest BCUT2D eigenvalue weighted by Gasteiger charge is -2.22. The molecule has 0 bridgehead atoms. The van der Waals surface area contributed by atoms with Crippen molar-refractivity contribution in [2.45, 2.75) is 39.2 Å². The van der Waals surface area contributed by atoms with E-state index < -0.39 is 0 Å². The summed E-state index contributed by atoms with van der Waals surface area (Å²) < 4.78 is 0. The number of carbonyl (C=O) groups excluding carboxylic acids is 1. The van der Waals surface area contributed by atoms with Crippen molar-refractivity contribution in [3.8, 4) is 0 Å². The van der Waals surface area contributed by atoms with E-state index in [-0.39, 0.29) is 11.9 Å². The van der Waals surface area contributed by atoms with Gasteiger partial charge in [-0.15, -0.1) is 0 Å². The third-order valence-electron chi connectivity index (χ3n) is 2.22. The molecule has 1 heterocycles. The number of hydroxylamine groups is 1. The minimum absolute atomic E-state index is 0.0367. The van der Waals surface area contributed by atoms with Crippen molar-refractivity contribution in [3.63, 3.8) is 0 Å². The molecular formula is C10H20N2O2. The fourth-order valence-corrected chi connectivity index (χ4v) is 1.43. The highest BCUT2D eigenvalue weighted by Crippen LogP contribution is 2.06. The van der Waals surface area contributed by atoms with Crippen LogP contribution in [-0.4, -0.2) is 25.1 Å². The summed E-state index contributed by atoms with van der Waals surface area (Å²) in [7, 11) is 0. The molecule has 4 heteroatoms. The first kappa shape index (κ1) is 11.5. The highest BCUT2D eigenvalue weighted by Gasteiger charge is 2.20. The number of amides is 1. The molecule has 1 atom stereocenters. The van der Waals surface area contributed by atoms with E-state index in [1.807, 2.05) is 13.8 Å². The van der Waals surface area contributed by atoms with Crippen LogP contribution in [0.2, 0.25) is 0 Å². The second kappa shape index (κ2) is 5.98. The third kappa shape index (κ3) is 4.07. The lowest BCUT2D eigenvalue weighted by atomic mass is 10.1. The summed E-state index contributed by atoms with van der Waals surface area (Å²) >= 11 is 0. The number of nitrogens with one attached hydrogen (secondary N) is 2. The predicted octanol–water partition coefficient (Wildman–Crippen LogP) is 0.832. The maximum atomic E-state index is 11.5. The fourth-order valence-electron chi connectivity index (χ4n) is 1.43. The van der Waals surface area contributed by atoms with Gasteiger partial charge in [0.2, 0.25) is 0 Å². The Morgan fingerprint density at radius 3 is 2.93 bits per heavy atom. The van der Waals surface area contributed by atoms with Crippen molar-refractivity contribution in [1.82, 2.24) is 10.8 Å². The minimum Gasteiger partial charge on any atom is -0.306 e. The topological polar surface area (TPSA) is 50.4 Å². The molecular weight excluding hydrogens is 180 g/mol. The summed E-state index contributed by atoms with van der Waals surface area (Å²) in [5, 5.41) is 3.16. The normalized spacial score (nSPS) is 22.4. The molecule has 0 aromatic rings. The zero-order chi connectivity index (χ0) is 10.4. The zero-order valence-electron chi connectivity index (χ0n) is 9.01. The van der Waals surface area contributed by atoms with Crippen molar-refractivity contribution in [1.29, 1.82) is 0 Å². The molecule has 82 valence electrons. The second-order valence-corrected chi connectivity index (χ2v) is 4.17. The average molecular weight is 200 g/mol. The van der Waals surface area contributed by atoms with Crippen LogP contribution in [-0.2, 0) is 9.63 Å². The number of rotatable bonds is 4. The van der Waals surface area contributed by atoms with E-state index in [4.69, 9.17) is 4.84 Å². The van der Waals surface area contributed by atoms with E-state index in [0.29, 0.717) is 12.5 Å². The predicted molar refractivity (Wildman–Crippen MR) is 54.6 cm³/mol. The summed E-state index contributed by atoms with van der Waals surface area (Å²) in [6.07, 6.45) is 3.20. The Balaban J connectivity index is 2.13. The molecule has 2 N–H and O–H groups in total. The summed E-state index contributed by atoms with van der Waals surface area (Å²) in [6, 6.07) is -0.0593. The van der Waals surface area contributed by atoms with Crippen molar-refractivity contribution >= 4 is 5.91 Å². The van der Waals surface area contributed by atoms with E-state index in [2.05, 4.69) is 10.8 Å². The lowest BCUT2D eigenvalue weighted by molar-refractivity contribution is -0.137. The Hall–Kier alpha value is -0.610. The molecule has 0 aliphatic carbocycles. The van der Waals surface area contributed by atoms with Crippen LogP contribution in [0.25, 0.3) is 0 Å². The summed E-state index contributed by atoms with van der Waals surface area (Å²) in [4.78, 5) is 16.6. The molecule has 0 aromatic carbocycles. The van der Waals surface area contributed by atoms with Gasteiger partial charge in [0.25, 0.3) is 5.91 Å². The first-order valence-electron chi connectivity index (χ1n) is 5.35. The molecule has 1 fully saturated rings. The van der Waals surface area contributed by atoms with Gasteiger partial charge in [0.15, 0.2) is 0 Å². The maximum Gasteiger partial charge on any atom is 0.260 e. The molecule has 0 spiro atoms. The van der Waals surface area contributed by atoms with E-state index >= 15 is 0 Å². The van der Waals surface area contributed by atoms with Gasteiger partial charge >= 0.3 is 0 Å². The number of piperidine rings is 1. The van der Waals surface area contributed by atoms with Gasteiger partial charge in [0.1, 0.15) is 0 Å². The summed E-state index contributed by atoms with van der Waals surface area (Å²) in [6.45, 7) is 5.59. The molecule has 0 saturated carbocycles. The number of hydrogen-bond acceptors (Lipinski definition) is 3. The van der Waals surface area contributed by atoms with Crippen LogP contribution in [0.15, 0.2) is 0 Å². The van der Waals surface area contributed by atoms with Crippen LogP contribution in [0.3, 0.4) is 0 Å². The Labute approximate surface area is 85.3 Å². The Morgan fingerprint density at radius 2 is 2.36 bits per heavy atom. The van der Waals surface area contributed by atoms with Crippen LogP contribution in [0.1, 0.15) is 33.1 Å². The Morgan fingerprint density at radius 1 is 1.57 bits per heavy atom. The van der Waals surface area contributed by atoms with Crippen molar-refractivity contribution in [2.75, 3.05) is 13.2 Å². The largest absolute Gasteiger partial charge is 0.306 e. The van der Waals surface area contributed by atoms with E-state index in [0.717, 1.165) is 25.8 Å². The lowest BCUT2D eigenvalue weighted by Crippen LogP contribution is -2.46. The monoisotopic (exact) mass is 200 g/mol. The Bertz CT molecular complexity index is 177. The molecule has 1 aliphatic heterocycles. The highest BCUT2D eigenvalue weighted by molar-refractivity contribution is 5.80. The molecule has 0 aromatic heterocycles. The SMILES string of the molecule is CC(C)CONC(=O)[C@@H]1CCCCN1. The maximum absolute atomic E-state index is 11.5. The molecule has 14 heavy (non-hydrogen) atoms. The standard InChI is InChI=1S/C10H20N2O2/c1-8(2)7-14-12-10(13)9-5-3-4-6-11-9/h8-9,11H,3-7H2,1-2H3,(H,12,13)/t9-/m0/s1. The first-order chi connectivity index (χ1) is 6.70. The van der Waals surface area contributed by atoms with Crippen molar-refractivity contribution in [2.24, 2.45) is 5.92 Å².